The van der Waals surface area contributed by atoms with Crippen LogP contribution < -0.4 is 44.2 Å². The van der Waals surface area contributed by atoms with E-state index in [4.69, 9.17) is 43.4 Å². The average molecular weight is 791 g/mol. The summed E-state index contributed by atoms with van der Waals surface area (Å²) >= 11 is 0. The maximum absolute atomic E-state index is 11.8. The van der Waals surface area contributed by atoms with E-state index >= 15 is 0 Å². The van der Waals surface area contributed by atoms with Gasteiger partial charge in [0, 0.05) is 51.4 Å². The van der Waals surface area contributed by atoms with Crippen LogP contribution in [0.4, 0.5) is 0 Å². The lowest BCUT2D eigenvalue weighted by atomic mass is 10.1. The van der Waals surface area contributed by atoms with E-state index in [9.17, 15) is 57.5 Å². The second-order valence-corrected chi connectivity index (χ2v) is 11.9. The zero-order valence-corrected chi connectivity index (χ0v) is 29.9. The number of rotatable bonds is 29. The van der Waals surface area contributed by atoms with Crippen molar-refractivity contribution < 1.29 is 78.0 Å². The normalized spacial score (nSPS) is 12.4. The van der Waals surface area contributed by atoms with E-state index in [1.807, 2.05) is 0 Å². The molecule has 16 N–H and O–H groups in total. The SMILES string of the molecule is NC(=O)CCC(NC(=O)CCCC(=O)NC(CCC(N)=O)C(=O)O)C(=O)O.NC(=O)CCC(NC(=O)CCCCC(=O)NC(CCC(N)=O)C(=O)O)C(=O)O. The Morgan fingerprint density at radius 3 is 0.673 bits per heavy atom. The first-order chi connectivity index (χ1) is 25.5. The zero-order valence-electron chi connectivity index (χ0n) is 29.9. The molecule has 0 spiro atoms. The van der Waals surface area contributed by atoms with Crippen LogP contribution in [0.1, 0.15) is 96.3 Å². The molecule has 0 saturated carbocycles. The molecule has 0 aromatic heterocycles. The number of carbonyl (C=O) groups is 12. The van der Waals surface area contributed by atoms with E-state index in [1.54, 1.807) is 0 Å². The number of nitrogens with two attached hydrogens (primary N) is 4. The molecule has 0 aliphatic heterocycles. The van der Waals surface area contributed by atoms with E-state index < -0.39 is 95.3 Å². The molecule has 24 nitrogen and oxygen atoms in total. The van der Waals surface area contributed by atoms with Gasteiger partial charge in [0.25, 0.3) is 0 Å². The van der Waals surface area contributed by atoms with Gasteiger partial charge in [-0.05, 0) is 44.9 Å². The van der Waals surface area contributed by atoms with Gasteiger partial charge in [-0.1, -0.05) is 0 Å². The molecule has 310 valence electrons. The summed E-state index contributed by atoms with van der Waals surface area (Å²) in [5.74, 6) is -10.3. The molecular weight excluding hydrogens is 740 g/mol. The van der Waals surface area contributed by atoms with Crippen molar-refractivity contribution in [3.8, 4) is 0 Å². The van der Waals surface area contributed by atoms with Gasteiger partial charge in [0.15, 0.2) is 0 Å². The summed E-state index contributed by atoms with van der Waals surface area (Å²) in [6.07, 6.45) is -1.20. The predicted octanol–water partition coefficient (Wildman–Crippen LogP) is -3.96. The van der Waals surface area contributed by atoms with Gasteiger partial charge in [-0.25, -0.2) is 19.2 Å². The molecule has 55 heavy (non-hydrogen) atoms. The Morgan fingerprint density at radius 1 is 0.327 bits per heavy atom. The van der Waals surface area contributed by atoms with Crippen molar-refractivity contribution in [1.82, 2.24) is 21.3 Å². The van der Waals surface area contributed by atoms with Gasteiger partial charge in [-0.3, -0.25) is 38.4 Å². The quantitative estimate of drug-likeness (QED) is 0.0322. The Bertz CT molecular complexity index is 1300. The second-order valence-electron chi connectivity index (χ2n) is 11.9. The Hall–Kier alpha value is -6.36. The van der Waals surface area contributed by atoms with Gasteiger partial charge in [0.2, 0.25) is 47.3 Å². The molecule has 24 heteroatoms. The third kappa shape index (κ3) is 28.9. The number of primary amides is 4. The van der Waals surface area contributed by atoms with Crippen molar-refractivity contribution in [2.45, 2.75) is 120 Å². The highest BCUT2D eigenvalue weighted by atomic mass is 16.4. The molecule has 0 saturated heterocycles. The lowest BCUT2D eigenvalue weighted by Gasteiger charge is -2.15. The molecule has 0 aromatic rings. The standard InChI is InChI=1S/C16H26N4O8.C15H24N4O8/c17-11(21)7-5-9(15(25)26)19-13(23)3-1-2-4-14(24)20-10(16(27)28)6-8-12(18)22;16-10(20)6-4-8(14(24)25)18-12(22)2-1-3-13(23)19-9(15(26)27)5-7-11(17)21/h9-10H,1-8H2,(H2,17,21)(H2,18,22)(H,19,23)(H,20,24)(H,25,26)(H,27,28);8-9H,1-7H2,(H2,16,20)(H2,17,21)(H,18,22)(H,19,23)(H,24,25)(H,26,27). The van der Waals surface area contributed by atoms with Crippen molar-refractivity contribution in [3.05, 3.63) is 0 Å². The van der Waals surface area contributed by atoms with Gasteiger partial charge < -0.3 is 64.6 Å². The van der Waals surface area contributed by atoms with Gasteiger partial charge in [-0.15, -0.1) is 0 Å². The second kappa shape index (κ2) is 28.2. The summed E-state index contributed by atoms with van der Waals surface area (Å²) in [6, 6.07) is -5.01. The molecule has 0 radical (unpaired) electrons. The Morgan fingerprint density at radius 2 is 0.509 bits per heavy atom. The fourth-order valence-corrected chi connectivity index (χ4v) is 4.22. The van der Waals surface area contributed by atoms with E-state index in [-0.39, 0.29) is 96.3 Å². The number of aliphatic carboxylic acids is 4. The van der Waals surface area contributed by atoms with Gasteiger partial charge in [0.05, 0.1) is 0 Å². The van der Waals surface area contributed by atoms with Gasteiger partial charge >= 0.3 is 23.9 Å². The van der Waals surface area contributed by atoms with Crippen LogP contribution in [-0.2, 0) is 57.5 Å². The van der Waals surface area contributed by atoms with Crippen LogP contribution in [0, 0.1) is 0 Å². The van der Waals surface area contributed by atoms with Crippen molar-refractivity contribution in [1.29, 1.82) is 0 Å². The van der Waals surface area contributed by atoms with E-state index in [1.165, 1.54) is 0 Å². The Balaban J connectivity index is 0. The number of hydrogen-bond acceptors (Lipinski definition) is 12. The number of carboxylic acids is 4. The molecule has 0 heterocycles. The van der Waals surface area contributed by atoms with Gasteiger partial charge in [-0.2, -0.15) is 0 Å². The predicted molar refractivity (Wildman–Crippen MR) is 184 cm³/mol. The van der Waals surface area contributed by atoms with Crippen molar-refractivity contribution >= 4 is 71.1 Å². The third-order valence-electron chi connectivity index (χ3n) is 7.12. The molecule has 8 amide bonds. The molecule has 0 aliphatic carbocycles. The van der Waals surface area contributed by atoms with Crippen molar-refractivity contribution in [2.24, 2.45) is 22.9 Å². The van der Waals surface area contributed by atoms with E-state index in [0.29, 0.717) is 0 Å². The average Bonchev–Trinajstić information content (AvgIpc) is 3.06. The fourth-order valence-electron chi connectivity index (χ4n) is 4.22. The first kappa shape index (κ1) is 50.7. The first-order valence-electron chi connectivity index (χ1n) is 16.8. The number of carboxylic acid groups (broad SMARTS) is 4. The van der Waals surface area contributed by atoms with Crippen molar-refractivity contribution in [2.75, 3.05) is 0 Å². The summed E-state index contributed by atoms with van der Waals surface area (Å²) in [5, 5.41) is 44.9. The van der Waals surface area contributed by atoms with E-state index in [2.05, 4.69) is 21.3 Å². The molecule has 4 unspecified atom stereocenters. The third-order valence-corrected chi connectivity index (χ3v) is 7.12. The topological polar surface area (TPSA) is 438 Å². The van der Waals surface area contributed by atoms with Crippen LogP contribution in [-0.4, -0.2) is 116 Å². The van der Waals surface area contributed by atoms with Crippen LogP contribution in [0.5, 0.6) is 0 Å². The summed E-state index contributed by atoms with van der Waals surface area (Å²) in [6.45, 7) is 0. The summed E-state index contributed by atoms with van der Waals surface area (Å²) in [5.41, 5.74) is 19.7. The largest absolute Gasteiger partial charge is 0.480 e. The minimum Gasteiger partial charge on any atom is -0.480 e. The Kier molecular flexibility index (Phi) is 26.0. The molecule has 0 aromatic carbocycles. The highest BCUT2D eigenvalue weighted by molar-refractivity contribution is 5.87. The summed E-state index contributed by atoms with van der Waals surface area (Å²) in [7, 11) is 0. The highest BCUT2D eigenvalue weighted by Gasteiger charge is 2.24. The Labute approximate surface area is 313 Å². The lowest BCUT2D eigenvalue weighted by molar-refractivity contribution is -0.142. The molecule has 0 aliphatic rings. The number of unbranched alkanes of at least 4 members (excludes halogenated alkanes) is 1. The maximum atomic E-state index is 11.8. The minimum absolute atomic E-state index is 0.0436. The highest BCUT2D eigenvalue weighted by Crippen LogP contribution is 2.06. The molecule has 0 rings (SSSR count). The monoisotopic (exact) mass is 790 g/mol. The van der Waals surface area contributed by atoms with Gasteiger partial charge in [0.1, 0.15) is 24.2 Å². The molecule has 0 fully saturated rings. The fraction of sp³-hybridized carbons (Fsp3) is 0.613. The maximum Gasteiger partial charge on any atom is 0.326 e. The smallest absolute Gasteiger partial charge is 0.326 e. The van der Waals surface area contributed by atoms with Crippen LogP contribution in [0.25, 0.3) is 0 Å². The minimum atomic E-state index is -1.32. The van der Waals surface area contributed by atoms with Crippen LogP contribution >= 0.6 is 0 Å². The zero-order chi connectivity index (χ0) is 42.7. The van der Waals surface area contributed by atoms with Crippen LogP contribution in [0.15, 0.2) is 0 Å². The van der Waals surface area contributed by atoms with Crippen molar-refractivity contribution in [3.63, 3.8) is 0 Å². The summed E-state index contributed by atoms with van der Waals surface area (Å²) < 4.78 is 0. The first-order valence-corrected chi connectivity index (χ1v) is 16.8. The summed E-state index contributed by atoms with van der Waals surface area (Å²) in [4.78, 5) is 134. The molecular formula is C31H50N8O16. The molecule has 4 atom stereocenters. The molecule has 0 bridgehead atoms. The number of amides is 8. The lowest BCUT2D eigenvalue weighted by Crippen LogP contribution is -2.42. The number of carbonyl (C=O) groups excluding carboxylic acids is 8. The number of hydrogen-bond donors (Lipinski definition) is 12. The number of nitrogens with one attached hydrogen (secondary N) is 4. The van der Waals surface area contributed by atoms with Crippen LogP contribution in [0.3, 0.4) is 0 Å². The van der Waals surface area contributed by atoms with E-state index in [0.717, 1.165) is 0 Å². The van der Waals surface area contributed by atoms with Crippen LogP contribution in [0.2, 0.25) is 0 Å².